The lowest BCUT2D eigenvalue weighted by Crippen LogP contribution is -2.12. The predicted octanol–water partition coefficient (Wildman–Crippen LogP) is 1.99. The number of rotatable bonds is 4. The van der Waals surface area contributed by atoms with Crippen molar-refractivity contribution < 1.29 is 13.2 Å². The van der Waals surface area contributed by atoms with E-state index in [2.05, 4.69) is 11.9 Å². The molecule has 92 valence electrons. The van der Waals surface area contributed by atoms with Crippen molar-refractivity contribution in [3.8, 4) is 0 Å². The van der Waals surface area contributed by atoms with Gasteiger partial charge >= 0.3 is 0 Å². The summed E-state index contributed by atoms with van der Waals surface area (Å²) in [6.45, 7) is 6.71. The highest BCUT2D eigenvalue weighted by molar-refractivity contribution is 7.91. The molecule has 1 amide bonds. The molecule has 1 rings (SSSR count). The third kappa shape index (κ3) is 3.42. The van der Waals surface area contributed by atoms with Gasteiger partial charge in [-0.1, -0.05) is 13.5 Å². The maximum absolute atomic E-state index is 11.5. The predicted molar refractivity (Wildman–Crippen MR) is 67.6 cm³/mol. The molecule has 0 bridgehead atoms. The molecule has 0 aliphatic rings. The van der Waals surface area contributed by atoms with Crippen LogP contribution in [-0.4, -0.2) is 20.1 Å². The summed E-state index contributed by atoms with van der Waals surface area (Å²) in [5, 5.41) is 2.60. The van der Waals surface area contributed by atoms with Gasteiger partial charge in [0.1, 0.15) is 0 Å². The fourth-order valence-corrected chi connectivity index (χ4v) is 2.03. The zero-order valence-corrected chi connectivity index (χ0v) is 10.7. The van der Waals surface area contributed by atoms with Crippen LogP contribution in [-0.2, 0) is 14.6 Å². The zero-order chi connectivity index (χ0) is 13.1. The molecule has 0 radical (unpaired) electrons. The van der Waals surface area contributed by atoms with Gasteiger partial charge in [0, 0.05) is 11.3 Å². The van der Waals surface area contributed by atoms with E-state index < -0.39 is 9.84 Å². The van der Waals surface area contributed by atoms with Gasteiger partial charge in [0.15, 0.2) is 9.84 Å². The number of hydrogen-bond acceptors (Lipinski definition) is 3. The van der Waals surface area contributed by atoms with Gasteiger partial charge in [-0.05, 0) is 31.2 Å². The van der Waals surface area contributed by atoms with Gasteiger partial charge in [0.25, 0.3) is 5.91 Å². The molecule has 0 aliphatic carbocycles. The Balaban J connectivity index is 2.90. The highest BCUT2D eigenvalue weighted by Gasteiger charge is 2.11. The molecular weight excluding hydrogens is 238 g/mol. The fourth-order valence-electron chi connectivity index (χ4n) is 1.15. The summed E-state index contributed by atoms with van der Waals surface area (Å²) >= 11 is 0. The summed E-state index contributed by atoms with van der Waals surface area (Å²) in [7, 11) is -3.19. The number of sulfone groups is 1. The molecule has 0 spiro atoms. The third-order valence-electron chi connectivity index (χ3n) is 2.24. The smallest absolute Gasteiger partial charge is 0.250 e. The molecule has 0 atom stereocenters. The van der Waals surface area contributed by atoms with Crippen LogP contribution in [0, 0.1) is 0 Å². The molecule has 4 nitrogen and oxygen atoms in total. The van der Waals surface area contributed by atoms with E-state index in [4.69, 9.17) is 0 Å². The lowest BCUT2D eigenvalue weighted by Gasteiger charge is -2.06. The van der Waals surface area contributed by atoms with E-state index in [0.29, 0.717) is 11.3 Å². The maximum Gasteiger partial charge on any atom is 0.250 e. The van der Waals surface area contributed by atoms with Crippen LogP contribution in [0.25, 0.3) is 0 Å². The van der Waals surface area contributed by atoms with Crippen molar-refractivity contribution in [2.24, 2.45) is 0 Å². The topological polar surface area (TPSA) is 63.2 Å². The average molecular weight is 253 g/mol. The Morgan fingerprint density at radius 3 is 2.24 bits per heavy atom. The van der Waals surface area contributed by atoms with Crippen molar-refractivity contribution in [1.29, 1.82) is 0 Å². The Kier molecular flexibility index (Phi) is 4.07. The number of carbonyl (C=O) groups excluding carboxylic acids is 1. The van der Waals surface area contributed by atoms with E-state index in [9.17, 15) is 13.2 Å². The van der Waals surface area contributed by atoms with Gasteiger partial charge in [-0.3, -0.25) is 4.79 Å². The van der Waals surface area contributed by atoms with Gasteiger partial charge in [-0.25, -0.2) is 8.42 Å². The van der Waals surface area contributed by atoms with Crippen LogP contribution in [0.3, 0.4) is 0 Å². The molecule has 0 aromatic heterocycles. The van der Waals surface area contributed by atoms with E-state index in [1.165, 1.54) is 12.1 Å². The van der Waals surface area contributed by atoms with Crippen LogP contribution in [0.2, 0.25) is 0 Å². The minimum atomic E-state index is -3.19. The summed E-state index contributed by atoms with van der Waals surface area (Å²) in [5.41, 5.74) is 0.948. The fraction of sp³-hybridized carbons (Fsp3) is 0.250. The minimum absolute atomic E-state index is 0.0600. The Labute approximate surface area is 101 Å². The molecule has 1 aromatic rings. The van der Waals surface area contributed by atoms with Gasteiger partial charge < -0.3 is 5.32 Å². The van der Waals surface area contributed by atoms with Crippen LogP contribution in [0.15, 0.2) is 41.3 Å². The highest BCUT2D eigenvalue weighted by atomic mass is 32.2. The van der Waals surface area contributed by atoms with Crippen LogP contribution >= 0.6 is 0 Å². The lowest BCUT2D eigenvalue weighted by molar-refractivity contribution is -0.112. The van der Waals surface area contributed by atoms with Crippen molar-refractivity contribution in [2.45, 2.75) is 18.7 Å². The summed E-state index contributed by atoms with van der Waals surface area (Å²) < 4.78 is 23.1. The van der Waals surface area contributed by atoms with Crippen molar-refractivity contribution >= 4 is 21.4 Å². The van der Waals surface area contributed by atoms with Gasteiger partial charge in [0.05, 0.1) is 10.6 Å². The number of benzene rings is 1. The summed E-state index contributed by atoms with van der Waals surface area (Å²) in [5.74, 6) is -0.221. The molecular formula is C12H15NO3S. The monoisotopic (exact) mass is 253 g/mol. The molecule has 0 aliphatic heterocycles. The zero-order valence-electron chi connectivity index (χ0n) is 9.86. The van der Waals surface area contributed by atoms with Crippen molar-refractivity contribution in [3.63, 3.8) is 0 Å². The molecule has 0 fully saturated rings. The molecule has 0 saturated heterocycles. The average Bonchev–Trinajstić information content (AvgIpc) is 2.29. The first-order chi connectivity index (χ1) is 7.86. The molecule has 1 N–H and O–H groups in total. The van der Waals surface area contributed by atoms with Crippen molar-refractivity contribution in [1.82, 2.24) is 0 Å². The molecule has 1 aromatic carbocycles. The first-order valence-electron chi connectivity index (χ1n) is 5.16. The largest absolute Gasteiger partial charge is 0.322 e. The second kappa shape index (κ2) is 5.14. The highest BCUT2D eigenvalue weighted by Crippen LogP contribution is 2.15. The SMILES string of the molecule is C=C(C)C(=O)Nc1ccc(S(=O)(=O)CC)cc1. The molecule has 5 heteroatoms. The summed E-state index contributed by atoms with van der Waals surface area (Å²) in [4.78, 5) is 11.6. The van der Waals surface area contributed by atoms with Crippen LogP contribution in [0.5, 0.6) is 0 Å². The van der Waals surface area contributed by atoms with E-state index in [0.717, 1.165) is 0 Å². The minimum Gasteiger partial charge on any atom is -0.322 e. The number of hydrogen-bond donors (Lipinski definition) is 1. The van der Waals surface area contributed by atoms with Crippen LogP contribution < -0.4 is 5.32 Å². The lowest BCUT2D eigenvalue weighted by atomic mass is 10.3. The number of carbonyl (C=O) groups is 1. The number of nitrogens with one attached hydrogen (secondary N) is 1. The second-order valence-electron chi connectivity index (χ2n) is 3.66. The quantitative estimate of drug-likeness (QED) is 0.835. The van der Waals surface area contributed by atoms with Crippen molar-refractivity contribution in [2.75, 3.05) is 11.1 Å². The first-order valence-corrected chi connectivity index (χ1v) is 6.81. The maximum atomic E-state index is 11.5. The Morgan fingerprint density at radius 1 is 1.29 bits per heavy atom. The second-order valence-corrected chi connectivity index (χ2v) is 5.94. The van der Waals surface area contributed by atoms with E-state index in [1.807, 2.05) is 0 Å². The first kappa shape index (κ1) is 13.4. The Morgan fingerprint density at radius 2 is 1.82 bits per heavy atom. The molecule has 17 heavy (non-hydrogen) atoms. The van der Waals surface area contributed by atoms with Gasteiger partial charge in [-0.2, -0.15) is 0 Å². The van der Waals surface area contributed by atoms with Crippen molar-refractivity contribution in [3.05, 3.63) is 36.4 Å². The van der Waals surface area contributed by atoms with Crippen LogP contribution in [0.4, 0.5) is 5.69 Å². The van der Waals surface area contributed by atoms with E-state index in [-0.39, 0.29) is 16.6 Å². The van der Waals surface area contributed by atoms with E-state index in [1.54, 1.807) is 26.0 Å². The normalized spacial score (nSPS) is 10.9. The summed E-state index contributed by atoms with van der Waals surface area (Å²) in [6, 6.07) is 6.08. The third-order valence-corrected chi connectivity index (χ3v) is 3.99. The Hall–Kier alpha value is -1.62. The molecule has 0 heterocycles. The standard InChI is InChI=1S/C12H15NO3S/c1-4-17(15,16)11-7-5-10(6-8-11)13-12(14)9(2)3/h5-8H,2,4H2,1,3H3,(H,13,14). The molecule has 0 saturated carbocycles. The van der Waals surface area contributed by atoms with Gasteiger partial charge in [-0.15, -0.1) is 0 Å². The van der Waals surface area contributed by atoms with Gasteiger partial charge in [0.2, 0.25) is 0 Å². The van der Waals surface area contributed by atoms with E-state index >= 15 is 0 Å². The Bertz CT molecular complexity index is 529. The molecule has 0 unspecified atom stereocenters. The number of anilines is 1. The van der Waals surface area contributed by atoms with Crippen LogP contribution in [0.1, 0.15) is 13.8 Å². The number of amides is 1. The summed E-state index contributed by atoms with van der Waals surface area (Å²) in [6.07, 6.45) is 0.